The van der Waals surface area contributed by atoms with Gasteiger partial charge in [-0.25, -0.2) is 4.79 Å². The molecule has 0 unspecified atom stereocenters. The van der Waals surface area contributed by atoms with Gasteiger partial charge in [0.15, 0.2) is 0 Å². The molecule has 5 nitrogen and oxygen atoms in total. The van der Waals surface area contributed by atoms with E-state index in [0.717, 1.165) is 11.1 Å². The van der Waals surface area contributed by atoms with Crippen molar-refractivity contribution >= 4 is 11.9 Å². The molecule has 0 bridgehead atoms. The fourth-order valence-corrected chi connectivity index (χ4v) is 2.03. The Morgan fingerprint density at radius 3 is 2.12 bits per heavy atom. The molecule has 3 N–H and O–H groups in total. The Kier molecular flexibility index (Phi) is 7.00. The van der Waals surface area contributed by atoms with E-state index in [1.807, 2.05) is 30.3 Å². The van der Waals surface area contributed by atoms with E-state index in [-0.39, 0.29) is 6.54 Å². The molecular formula is C21H18N2O3. The van der Waals surface area contributed by atoms with Crippen molar-refractivity contribution < 1.29 is 14.3 Å². The normalized spacial score (nSPS) is 10.4. The summed E-state index contributed by atoms with van der Waals surface area (Å²) < 4.78 is 4.58. The van der Waals surface area contributed by atoms with Gasteiger partial charge in [0.2, 0.25) is 0 Å². The highest BCUT2D eigenvalue weighted by atomic mass is 16.5. The lowest BCUT2D eigenvalue weighted by Gasteiger charge is -2.14. The highest BCUT2D eigenvalue weighted by Crippen LogP contribution is 2.04. The summed E-state index contributed by atoms with van der Waals surface area (Å²) in [5.41, 5.74) is 7.49. The van der Waals surface area contributed by atoms with Crippen LogP contribution in [0.15, 0.2) is 54.6 Å². The molecule has 0 radical (unpaired) electrons. The van der Waals surface area contributed by atoms with Crippen LogP contribution in [0.1, 0.15) is 21.5 Å². The summed E-state index contributed by atoms with van der Waals surface area (Å²) in [5.74, 6) is 10.4. The van der Waals surface area contributed by atoms with Crippen molar-refractivity contribution in [2.75, 3.05) is 13.7 Å². The van der Waals surface area contributed by atoms with Gasteiger partial charge in [-0.15, -0.1) is 0 Å². The van der Waals surface area contributed by atoms with E-state index in [4.69, 9.17) is 5.73 Å². The number of methoxy groups -OCH3 is 1. The number of rotatable bonds is 4. The zero-order valence-electron chi connectivity index (χ0n) is 14.3. The second kappa shape index (κ2) is 9.68. The minimum absolute atomic E-state index is 0.0396. The van der Waals surface area contributed by atoms with Crippen LogP contribution in [0, 0.1) is 23.7 Å². The summed E-state index contributed by atoms with van der Waals surface area (Å²) in [6, 6.07) is 15.4. The lowest BCUT2D eigenvalue weighted by Crippen LogP contribution is -2.46. The first-order valence-electron chi connectivity index (χ1n) is 7.90. The number of hydrogen-bond acceptors (Lipinski definition) is 4. The Labute approximate surface area is 152 Å². The Morgan fingerprint density at radius 2 is 1.58 bits per heavy atom. The molecule has 1 atom stereocenters. The standard InChI is InChI=1S/C21H18N2O3/c1-26-21(25)19(15-22)23-20(24)18-13-11-17(12-14-18)10-6-5-9-16-7-3-2-4-8-16/h2-4,7-8,11-14,19H,15,22H2,1H3,(H,23,24)/t19-/m0/s1. The van der Waals surface area contributed by atoms with Crippen molar-refractivity contribution in [3.05, 3.63) is 71.3 Å². The van der Waals surface area contributed by atoms with E-state index in [0.29, 0.717) is 5.56 Å². The first kappa shape index (κ1) is 18.8. The minimum atomic E-state index is -0.875. The molecule has 0 aromatic heterocycles. The van der Waals surface area contributed by atoms with Gasteiger partial charge in [0.05, 0.1) is 7.11 Å². The second-order valence-electron chi connectivity index (χ2n) is 5.23. The van der Waals surface area contributed by atoms with Crippen molar-refractivity contribution in [1.29, 1.82) is 0 Å². The van der Waals surface area contributed by atoms with Crippen molar-refractivity contribution in [2.24, 2.45) is 5.73 Å². The average molecular weight is 346 g/mol. The Hall–Kier alpha value is -3.54. The molecule has 0 fully saturated rings. The van der Waals surface area contributed by atoms with Gasteiger partial charge in [-0.05, 0) is 48.2 Å². The predicted octanol–water partition coefficient (Wildman–Crippen LogP) is 1.32. The highest BCUT2D eigenvalue weighted by molar-refractivity contribution is 5.96. The van der Waals surface area contributed by atoms with Gasteiger partial charge in [-0.3, -0.25) is 4.79 Å². The van der Waals surface area contributed by atoms with Gasteiger partial charge in [0.25, 0.3) is 5.91 Å². The smallest absolute Gasteiger partial charge is 0.329 e. The van der Waals surface area contributed by atoms with Crippen molar-refractivity contribution in [3.8, 4) is 23.7 Å². The summed E-state index contributed by atoms with van der Waals surface area (Å²) in [7, 11) is 1.24. The molecule has 1 amide bonds. The molecule has 0 aliphatic rings. The number of amides is 1. The number of nitrogens with two attached hydrogens (primary N) is 1. The SMILES string of the molecule is COC(=O)[C@H](CN)NC(=O)c1ccc(C#CC#Cc2ccccc2)cc1. The molecule has 2 aromatic carbocycles. The number of hydrogen-bond donors (Lipinski definition) is 2. The number of carbonyl (C=O) groups is 2. The van der Waals surface area contributed by atoms with Crippen LogP contribution in [0.25, 0.3) is 0 Å². The molecule has 0 spiro atoms. The predicted molar refractivity (Wildman–Crippen MR) is 99.0 cm³/mol. The topological polar surface area (TPSA) is 81.4 Å². The van der Waals surface area contributed by atoms with Crippen molar-refractivity contribution in [2.45, 2.75) is 6.04 Å². The van der Waals surface area contributed by atoms with E-state index >= 15 is 0 Å². The number of benzene rings is 2. The first-order valence-corrected chi connectivity index (χ1v) is 7.90. The first-order chi connectivity index (χ1) is 12.6. The van der Waals surface area contributed by atoms with Gasteiger partial charge in [0, 0.05) is 23.2 Å². The molecule has 0 saturated heterocycles. The molecule has 130 valence electrons. The van der Waals surface area contributed by atoms with Crippen LogP contribution in [0.3, 0.4) is 0 Å². The molecule has 0 heterocycles. The molecule has 0 aliphatic heterocycles. The summed E-state index contributed by atoms with van der Waals surface area (Å²) >= 11 is 0. The van der Waals surface area contributed by atoms with Gasteiger partial charge in [-0.1, -0.05) is 30.0 Å². The lowest BCUT2D eigenvalue weighted by atomic mass is 10.1. The Bertz CT molecular complexity index is 882. The van der Waals surface area contributed by atoms with Gasteiger partial charge in [-0.2, -0.15) is 0 Å². The van der Waals surface area contributed by atoms with Gasteiger partial charge in [0.1, 0.15) is 6.04 Å². The molecule has 0 saturated carbocycles. The summed E-state index contributed by atoms with van der Waals surface area (Å²) in [6.07, 6.45) is 0. The monoisotopic (exact) mass is 346 g/mol. The summed E-state index contributed by atoms with van der Waals surface area (Å²) in [5, 5.41) is 2.53. The van der Waals surface area contributed by atoms with Crippen LogP contribution in [-0.2, 0) is 9.53 Å². The molecular weight excluding hydrogens is 328 g/mol. The largest absolute Gasteiger partial charge is 0.467 e. The lowest BCUT2D eigenvalue weighted by molar-refractivity contribution is -0.142. The Morgan fingerprint density at radius 1 is 1.00 bits per heavy atom. The maximum Gasteiger partial charge on any atom is 0.329 e. The fraction of sp³-hybridized carbons (Fsp3) is 0.143. The van der Waals surface area contributed by atoms with Gasteiger partial charge >= 0.3 is 5.97 Å². The van der Waals surface area contributed by atoms with E-state index in [1.165, 1.54) is 7.11 Å². The maximum absolute atomic E-state index is 12.1. The number of nitrogens with one attached hydrogen (secondary N) is 1. The number of ether oxygens (including phenoxy) is 1. The van der Waals surface area contributed by atoms with E-state index in [2.05, 4.69) is 33.7 Å². The third-order valence-electron chi connectivity index (χ3n) is 3.42. The van der Waals surface area contributed by atoms with Crippen LogP contribution >= 0.6 is 0 Å². The molecule has 2 rings (SSSR count). The highest BCUT2D eigenvalue weighted by Gasteiger charge is 2.20. The van der Waals surface area contributed by atoms with Crippen molar-refractivity contribution in [1.82, 2.24) is 5.32 Å². The quantitative estimate of drug-likeness (QED) is 0.646. The minimum Gasteiger partial charge on any atom is -0.467 e. The summed E-state index contributed by atoms with van der Waals surface area (Å²) in [6.45, 7) is -0.0396. The van der Waals surface area contributed by atoms with E-state index < -0.39 is 17.9 Å². The van der Waals surface area contributed by atoms with E-state index in [1.54, 1.807) is 24.3 Å². The molecule has 0 aliphatic carbocycles. The third-order valence-corrected chi connectivity index (χ3v) is 3.42. The van der Waals surface area contributed by atoms with Gasteiger partial charge < -0.3 is 15.8 Å². The average Bonchev–Trinajstić information content (AvgIpc) is 2.70. The zero-order valence-corrected chi connectivity index (χ0v) is 14.3. The Balaban J connectivity index is 2.00. The van der Waals surface area contributed by atoms with Crippen LogP contribution in [0.4, 0.5) is 0 Å². The molecule has 5 heteroatoms. The van der Waals surface area contributed by atoms with Crippen LogP contribution in [0.2, 0.25) is 0 Å². The third kappa shape index (κ3) is 5.52. The van der Waals surface area contributed by atoms with Crippen molar-refractivity contribution in [3.63, 3.8) is 0 Å². The van der Waals surface area contributed by atoms with Crippen LogP contribution in [0.5, 0.6) is 0 Å². The number of esters is 1. The molecule has 2 aromatic rings. The van der Waals surface area contributed by atoms with Crippen LogP contribution < -0.4 is 11.1 Å². The summed E-state index contributed by atoms with van der Waals surface area (Å²) in [4.78, 5) is 23.6. The van der Waals surface area contributed by atoms with E-state index in [9.17, 15) is 9.59 Å². The number of carbonyl (C=O) groups excluding carboxylic acids is 2. The van der Waals surface area contributed by atoms with Crippen LogP contribution in [-0.4, -0.2) is 31.6 Å². The molecule has 26 heavy (non-hydrogen) atoms. The maximum atomic E-state index is 12.1. The second-order valence-corrected chi connectivity index (χ2v) is 5.23. The zero-order chi connectivity index (χ0) is 18.8. The fourth-order valence-electron chi connectivity index (χ4n) is 2.03.